The maximum Gasteiger partial charge on any atom is 0.222 e. The van der Waals surface area contributed by atoms with Crippen molar-refractivity contribution < 1.29 is 9.59 Å². The molecule has 1 aliphatic rings. The fourth-order valence-corrected chi connectivity index (χ4v) is 3.64. The van der Waals surface area contributed by atoms with Gasteiger partial charge in [0.25, 0.3) is 0 Å². The Hall–Kier alpha value is -2.77. The Morgan fingerprint density at radius 2 is 1.96 bits per heavy atom. The normalized spacial score (nSPS) is 15.0. The second-order valence-corrected chi connectivity index (χ2v) is 6.97. The Labute approximate surface area is 159 Å². The Bertz CT molecular complexity index is 809. The van der Waals surface area contributed by atoms with Crippen molar-refractivity contribution in [2.45, 2.75) is 52.6 Å². The number of carbonyl (C=O) groups excluding carboxylic acids is 2. The highest BCUT2D eigenvalue weighted by molar-refractivity contribution is 5.96. The second-order valence-electron chi connectivity index (χ2n) is 6.97. The molecule has 3 heterocycles. The van der Waals surface area contributed by atoms with Crippen LogP contribution in [0.1, 0.15) is 47.9 Å². The van der Waals surface area contributed by atoms with E-state index < -0.39 is 0 Å². The van der Waals surface area contributed by atoms with Crippen LogP contribution < -0.4 is 10.2 Å². The van der Waals surface area contributed by atoms with Gasteiger partial charge in [0.05, 0.1) is 17.5 Å². The SMILES string of the molecule is CC(=O)c1c(C)nn(CCC(=O)NC2CCN(c3cnccn3)CC2)c1C. The van der Waals surface area contributed by atoms with E-state index in [4.69, 9.17) is 0 Å². The van der Waals surface area contributed by atoms with E-state index >= 15 is 0 Å². The van der Waals surface area contributed by atoms with Crippen LogP contribution in [0.4, 0.5) is 5.82 Å². The number of rotatable bonds is 6. The number of carbonyl (C=O) groups is 2. The molecule has 27 heavy (non-hydrogen) atoms. The molecule has 0 saturated carbocycles. The van der Waals surface area contributed by atoms with Crippen molar-refractivity contribution in [3.05, 3.63) is 35.5 Å². The molecule has 2 aromatic heterocycles. The molecule has 144 valence electrons. The van der Waals surface area contributed by atoms with Crippen LogP contribution in [-0.2, 0) is 11.3 Å². The molecule has 8 nitrogen and oxygen atoms in total. The van der Waals surface area contributed by atoms with Gasteiger partial charge >= 0.3 is 0 Å². The molecule has 1 aliphatic heterocycles. The maximum absolute atomic E-state index is 12.3. The van der Waals surface area contributed by atoms with Crippen LogP contribution in [0.25, 0.3) is 0 Å². The van der Waals surface area contributed by atoms with Gasteiger partial charge in [-0.1, -0.05) is 0 Å². The third-order valence-corrected chi connectivity index (χ3v) is 5.02. The molecule has 0 unspecified atom stereocenters. The first-order valence-corrected chi connectivity index (χ1v) is 9.31. The van der Waals surface area contributed by atoms with Gasteiger partial charge in [0.2, 0.25) is 5.91 Å². The van der Waals surface area contributed by atoms with E-state index in [9.17, 15) is 9.59 Å². The summed E-state index contributed by atoms with van der Waals surface area (Å²) in [6, 6.07) is 0.179. The van der Waals surface area contributed by atoms with Crippen LogP contribution in [-0.4, -0.2) is 50.6 Å². The lowest BCUT2D eigenvalue weighted by Gasteiger charge is -2.32. The molecular weight excluding hydrogens is 344 g/mol. The van der Waals surface area contributed by atoms with E-state index in [1.807, 2.05) is 13.8 Å². The number of piperidine rings is 1. The van der Waals surface area contributed by atoms with Crippen LogP contribution >= 0.6 is 0 Å². The standard InChI is InChI=1S/C19H26N6O2/c1-13-19(15(3)26)14(2)25(23-13)11-6-18(27)22-16-4-9-24(10-5-16)17-12-20-7-8-21-17/h7-8,12,16H,4-6,9-11H2,1-3H3,(H,22,27). The predicted octanol–water partition coefficient (Wildman–Crippen LogP) is 1.67. The summed E-state index contributed by atoms with van der Waals surface area (Å²) in [5.74, 6) is 0.911. The van der Waals surface area contributed by atoms with Crippen molar-refractivity contribution in [1.29, 1.82) is 0 Å². The van der Waals surface area contributed by atoms with Gasteiger partial charge in [-0.3, -0.25) is 19.3 Å². The molecule has 8 heteroatoms. The van der Waals surface area contributed by atoms with E-state index in [1.54, 1.807) is 30.2 Å². The molecule has 2 aromatic rings. The number of aromatic nitrogens is 4. The number of amides is 1. The van der Waals surface area contributed by atoms with Crippen LogP contribution in [0.5, 0.6) is 0 Å². The Morgan fingerprint density at radius 3 is 2.56 bits per heavy atom. The van der Waals surface area contributed by atoms with Crippen LogP contribution in [0.15, 0.2) is 18.6 Å². The summed E-state index contributed by atoms with van der Waals surface area (Å²) in [7, 11) is 0. The molecule has 0 bridgehead atoms. The number of nitrogens with zero attached hydrogens (tertiary/aromatic N) is 5. The Kier molecular flexibility index (Phi) is 5.83. The third-order valence-electron chi connectivity index (χ3n) is 5.02. The lowest BCUT2D eigenvalue weighted by molar-refractivity contribution is -0.122. The largest absolute Gasteiger partial charge is 0.355 e. The summed E-state index contributed by atoms with van der Waals surface area (Å²) in [4.78, 5) is 34.6. The van der Waals surface area contributed by atoms with E-state index in [-0.39, 0.29) is 17.7 Å². The molecule has 1 fully saturated rings. The zero-order valence-electron chi connectivity index (χ0n) is 16.1. The number of hydrogen-bond acceptors (Lipinski definition) is 6. The number of nitrogens with one attached hydrogen (secondary N) is 1. The van der Waals surface area contributed by atoms with Crippen molar-refractivity contribution in [2.24, 2.45) is 0 Å². The zero-order valence-corrected chi connectivity index (χ0v) is 16.1. The summed E-state index contributed by atoms with van der Waals surface area (Å²) in [5, 5.41) is 7.51. The fourth-order valence-electron chi connectivity index (χ4n) is 3.64. The molecular formula is C19H26N6O2. The Morgan fingerprint density at radius 1 is 1.22 bits per heavy atom. The molecule has 0 aliphatic carbocycles. The third kappa shape index (κ3) is 4.50. The lowest BCUT2D eigenvalue weighted by Crippen LogP contribution is -2.45. The van der Waals surface area contributed by atoms with Crippen molar-refractivity contribution >= 4 is 17.5 Å². The average Bonchev–Trinajstić information content (AvgIpc) is 2.95. The summed E-state index contributed by atoms with van der Waals surface area (Å²) in [6.07, 6.45) is 7.25. The molecule has 0 atom stereocenters. The van der Waals surface area contributed by atoms with Gasteiger partial charge in [-0.05, 0) is 33.6 Å². The number of anilines is 1. The van der Waals surface area contributed by atoms with Gasteiger partial charge < -0.3 is 10.2 Å². The highest BCUT2D eigenvalue weighted by Crippen LogP contribution is 2.17. The van der Waals surface area contributed by atoms with Crippen molar-refractivity contribution in [2.75, 3.05) is 18.0 Å². The minimum atomic E-state index is 0.00978. The van der Waals surface area contributed by atoms with Crippen LogP contribution in [0.3, 0.4) is 0 Å². The summed E-state index contributed by atoms with van der Waals surface area (Å²) >= 11 is 0. The first kappa shape index (κ1) is 19.0. The van der Waals surface area contributed by atoms with Gasteiger partial charge in [-0.2, -0.15) is 5.10 Å². The summed E-state index contributed by atoms with van der Waals surface area (Å²) in [5.41, 5.74) is 2.20. The van der Waals surface area contributed by atoms with Crippen LogP contribution in [0, 0.1) is 13.8 Å². The average molecular weight is 370 g/mol. The van der Waals surface area contributed by atoms with E-state index in [1.165, 1.54) is 0 Å². The summed E-state index contributed by atoms with van der Waals surface area (Å²) in [6.45, 7) is 7.42. The molecule has 1 saturated heterocycles. The van der Waals surface area contributed by atoms with Crippen molar-refractivity contribution in [1.82, 2.24) is 25.1 Å². The van der Waals surface area contributed by atoms with Gasteiger partial charge in [-0.25, -0.2) is 4.98 Å². The van der Waals surface area contributed by atoms with Crippen LogP contribution in [0.2, 0.25) is 0 Å². The molecule has 0 spiro atoms. The highest BCUT2D eigenvalue weighted by atomic mass is 16.1. The number of hydrogen-bond donors (Lipinski definition) is 1. The monoisotopic (exact) mass is 370 g/mol. The van der Waals surface area contributed by atoms with Gasteiger partial charge in [0.15, 0.2) is 5.78 Å². The van der Waals surface area contributed by atoms with Gasteiger partial charge in [-0.15, -0.1) is 0 Å². The number of Topliss-reactive ketones (excluding diaryl/α,β-unsaturated/α-hetero) is 1. The number of aryl methyl sites for hydroxylation is 2. The minimum absolute atomic E-state index is 0.00978. The molecule has 3 rings (SSSR count). The summed E-state index contributed by atoms with van der Waals surface area (Å²) < 4.78 is 1.75. The Balaban J connectivity index is 1.47. The first-order chi connectivity index (χ1) is 13.0. The van der Waals surface area contributed by atoms with E-state index in [0.29, 0.717) is 18.5 Å². The van der Waals surface area contributed by atoms with E-state index in [0.717, 1.165) is 43.1 Å². The molecule has 0 radical (unpaired) electrons. The topological polar surface area (TPSA) is 93.0 Å². The molecule has 0 aromatic carbocycles. The predicted molar refractivity (Wildman–Crippen MR) is 102 cm³/mol. The quantitative estimate of drug-likeness (QED) is 0.778. The van der Waals surface area contributed by atoms with Gasteiger partial charge in [0, 0.05) is 50.2 Å². The van der Waals surface area contributed by atoms with Gasteiger partial charge in [0.1, 0.15) is 5.82 Å². The number of ketones is 1. The van der Waals surface area contributed by atoms with Crippen molar-refractivity contribution in [3.8, 4) is 0 Å². The smallest absolute Gasteiger partial charge is 0.222 e. The fraction of sp³-hybridized carbons (Fsp3) is 0.526. The van der Waals surface area contributed by atoms with E-state index in [2.05, 4.69) is 25.3 Å². The second kappa shape index (κ2) is 8.28. The highest BCUT2D eigenvalue weighted by Gasteiger charge is 2.22. The van der Waals surface area contributed by atoms with Crippen molar-refractivity contribution in [3.63, 3.8) is 0 Å². The zero-order chi connectivity index (χ0) is 19.4. The maximum atomic E-state index is 12.3. The minimum Gasteiger partial charge on any atom is -0.355 e. The first-order valence-electron chi connectivity index (χ1n) is 9.31. The molecule has 1 amide bonds. The molecule has 1 N–H and O–H groups in total. The lowest BCUT2D eigenvalue weighted by atomic mass is 10.0.